The molecule has 2 heterocycles. The Kier molecular flexibility index (Phi) is 3.84. The van der Waals surface area contributed by atoms with Gasteiger partial charge in [0.2, 0.25) is 0 Å². The minimum atomic E-state index is 0.0268. The van der Waals surface area contributed by atoms with E-state index in [1.807, 2.05) is 19.2 Å². The van der Waals surface area contributed by atoms with Gasteiger partial charge in [-0.2, -0.15) is 5.10 Å². The molecular weight excluding hydrogens is 238 g/mol. The van der Waals surface area contributed by atoms with E-state index < -0.39 is 0 Å². The van der Waals surface area contributed by atoms with Gasteiger partial charge < -0.3 is 4.57 Å². The molecule has 0 amide bonds. The minimum absolute atomic E-state index is 0.0268. The monoisotopic (exact) mass is 253 g/mol. The Balaban J connectivity index is 2.18. The molecule has 2 aromatic heterocycles. The lowest BCUT2D eigenvalue weighted by Gasteiger charge is -2.05. The third-order valence-electron chi connectivity index (χ3n) is 2.76. The fourth-order valence-electron chi connectivity index (χ4n) is 1.88. The van der Waals surface area contributed by atoms with Crippen molar-refractivity contribution in [3.63, 3.8) is 0 Å². The summed E-state index contributed by atoms with van der Waals surface area (Å²) in [5.41, 5.74) is 1.53. The number of halogens is 1. The summed E-state index contributed by atoms with van der Waals surface area (Å²) in [7, 11) is 0. The number of unbranched alkanes of at least 4 members (excludes halogenated alkanes) is 2. The molecule has 0 saturated heterocycles. The quantitative estimate of drug-likeness (QED) is 0.605. The number of fused-ring (bicyclic) bond motifs is 1. The highest BCUT2D eigenvalue weighted by Gasteiger charge is 2.04. The van der Waals surface area contributed by atoms with Crippen LogP contribution in [0.25, 0.3) is 5.52 Å². The Hall–Kier alpha value is -1.29. The molecule has 5 heteroatoms. The Labute approximate surface area is 105 Å². The molecule has 0 aromatic carbocycles. The van der Waals surface area contributed by atoms with E-state index >= 15 is 0 Å². The van der Waals surface area contributed by atoms with Crippen LogP contribution < -0.4 is 5.56 Å². The summed E-state index contributed by atoms with van der Waals surface area (Å²) in [6.07, 6.45) is 6.66. The lowest BCUT2D eigenvalue weighted by Crippen LogP contribution is -2.21. The number of alkyl halides is 1. The van der Waals surface area contributed by atoms with E-state index in [4.69, 9.17) is 11.6 Å². The van der Waals surface area contributed by atoms with Gasteiger partial charge in [0.05, 0.1) is 5.69 Å². The van der Waals surface area contributed by atoms with Crippen molar-refractivity contribution in [3.8, 4) is 0 Å². The van der Waals surface area contributed by atoms with Gasteiger partial charge in [-0.3, -0.25) is 4.79 Å². The van der Waals surface area contributed by atoms with Gasteiger partial charge in [-0.25, -0.2) is 4.52 Å². The fourth-order valence-corrected chi connectivity index (χ4v) is 2.07. The van der Waals surface area contributed by atoms with Crippen LogP contribution in [0, 0.1) is 6.92 Å². The predicted octanol–water partition coefficient (Wildman–Crippen LogP) is 2.21. The number of aromatic nitrogens is 3. The molecule has 0 N–H and O–H groups in total. The van der Waals surface area contributed by atoms with Crippen molar-refractivity contribution in [1.82, 2.24) is 14.2 Å². The van der Waals surface area contributed by atoms with Crippen LogP contribution in [0.4, 0.5) is 0 Å². The van der Waals surface area contributed by atoms with Crippen LogP contribution in [-0.2, 0) is 6.54 Å². The molecule has 4 nitrogen and oxygen atoms in total. The molecule has 92 valence electrons. The topological polar surface area (TPSA) is 39.3 Å². The number of aryl methyl sites for hydroxylation is 2. The second-order valence-electron chi connectivity index (χ2n) is 4.16. The van der Waals surface area contributed by atoms with Gasteiger partial charge in [-0.1, -0.05) is 6.42 Å². The van der Waals surface area contributed by atoms with Crippen molar-refractivity contribution >= 4 is 17.1 Å². The molecule has 0 spiro atoms. The molecule has 0 atom stereocenters. The lowest BCUT2D eigenvalue weighted by atomic mass is 10.2. The van der Waals surface area contributed by atoms with Gasteiger partial charge in [0.1, 0.15) is 5.52 Å². The smallest absolute Gasteiger partial charge is 0.276 e. The average molecular weight is 254 g/mol. The Morgan fingerprint density at radius 1 is 1.29 bits per heavy atom. The number of hydrogen-bond acceptors (Lipinski definition) is 2. The zero-order valence-electron chi connectivity index (χ0n) is 9.90. The second kappa shape index (κ2) is 5.36. The van der Waals surface area contributed by atoms with Crippen LogP contribution in [0.1, 0.15) is 25.0 Å². The summed E-state index contributed by atoms with van der Waals surface area (Å²) in [6.45, 7) is 2.63. The van der Waals surface area contributed by atoms with Crippen LogP contribution in [-0.4, -0.2) is 20.1 Å². The summed E-state index contributed by atoms with van der Waals surface area (Å²) in [4.78, 5) is 12.1. The summed E-state index contributed by atoms with van der Waals surface area (Å²) >= 11 is 5.62. The van der Waals surface area contributed by atoms with Crippen LogP contribution in [0.5, 0.6) is 0 Å². The van der Waals surface area contributed by atoms with Crippen molar-refractivity contribution in [2.45, 2.75) is 32.7 Å². The second-order valence-corrected chi connectivity index (χ2v) is 4.54. The van der Waals surface area contributed by atoms with E-state index in [0.29, 0.717) is 11.4 Å². The first kappa shape index (κ1) is 12.2. The van der Waals surface area contributed by atoms with Crippen LogP contribution in [0.2, 0.25) is 0 Å². The molecule has 0 radical (unpaired) electrons. The molecule has 0 aliphatic heterocycles. The maximum absolute atomic E-state index is 12.1. The van der Waals surface area contributed by atoms with Gasteiger partial charge in [0, 0.05) is 24.8 Å². The van der Waals surface area contributed by atoms with Crippen LogP contribution >= 0.6 is 11.6 Å². The number of hydrogen-bond donors (Lipinski definition) is 0. The van der Waals surface area contributed by atoms with E-state index in [-0.39, 0.29) is 5.56 Å². The fraction of sp³-hybridized carbons (Fsp3) is 0.500. The number of nitrogens with zero attached hydrogens (tertiary/aromatic N) is 3. The SMILES string of the molecule is Cc1cc2c(=O)n(CCCCCCl)ccn2n1. The first-order chi connectivity index (χ1) is 8.22. The van der Waals surface area contributed by atoms with Crippen molar-refractivity contribution in [2.75, 3.05) is 5.88 Å². The van der Waals surface area contributed by atoms with Gasteiger partial charge in [-0.15, -0.1) is 11.6 Å². The third-order valence-corrected chi connectivity index (χ3v) is 3.03. The molecule has 17 heavy (non-hydrogen) atoms. The first-order valence-corrected chi connectivity index (χ1v) is 6.37. The van der Waals surface area contributed by atoms with E-state index in [2.05, 4.69) is 5.10 Å². The van der Waals surface area contributed by atoms with Gasteiger partial charge >= 0.3 is 0 Å². The highest BCUT2D eigenvalue weighted by molar-refractivity contribution is 6.17. The van der Waals surface area contributed by atoms with Gasteiger partial charge in [0.15, 0.2) is 0 Å². The lowest BCUT2D eigenvalue weighted by molar-refractivity contribution is 0.586. The normalized spacial score (nSPS) is 11.2. The summed E-state index contributed by atoms with van der Waals surface area (Å²) in [6, 6.07) is 1.82. The highest BCUT2D eigenvalue weighted by Crippen LogP contribution is 2.02. The molecule has 2 aromatic rings. The third kappa shape index (κ3) is 2.69. The van der Waals surface area contributed by atoms with Crippen molar-refractivity contribution in [1.29, 1.82) is 0 Å². The molecule has 0 fully saturated rings. The molecule has 0 aliphatic rings. The molecule has 0 unspecified atom stereocenters. The largest absolute Gasteiger partial charge is 0.312 e. The van der Waals surface area contributed by atoms with Gasteiger partial charge in [0.25, 0.3) is 5.56 Å². The van der Waals surface area contributed by atoms with E-state index in [1.165, 1.54) is 0 Å². The predicted molar refractivity (Wildman–Crippen MR) is 68.8 cm³/mol. The van der Waals surface area contributed by atoms with E-state index in [9.17, 15) is 4.79 Å². The van der Waals surface area contributed by atoms with Crippen molar-refractivity contribution < 1.29 is 0 Å². The maximum atomic E-state index is 12.1. The molecule has 0 aliphatic carbocycles. The molecule has 0 saturated carbocycles. The van der Waals surface area contributed by atoms with Crippen LogP contribution in [0.3, 0.4) is 0 Å². The Morgan fingerprint density at radius 3 is 2.88 bits per heavy atom. The zero-order valence-corrected chi connectivity index (χ0v) is 10.7. The van der Waals surface area contributed by atoms with Crippen molar-refractivity contribution in [2.24, 2.45) is 0 Å². The standard InChI is InChI=1S/C12H16ClN3O/c1-10-9-11-12(17)15(6-4-2-3-5-13)7-8-16(11)14-10/h7-9H,2-6H2,1H3. The molecule has 0 bridgehead atoms. The molecule has 2 rings (SSSR count). The summed E-state index contributed by atoms with van der Waals surface area (Å²) in [5.74, 6) is 0.690. The highest BCUT2D eigenvalue weighted by atomic mass is 35.5. The van der Waals surface area contributed by atoms with Crippen molar-refractivity contribution in [3.05, 3.63) is 34.5 Å². The number of rotatable bonds is 5. The average Bonchev–Trinajstić information content (AvgIpc) is 2.69. The summed E-state index contributed by atoms with van der Waals surface area (Å²) in [5, 5.41) is 4.21. The zero-order chi connectivity index (χ0) is 12.3. The summed E-state index contributed by atoms with van der Waals surface area (Å²) < 4.78 is 3.37. The first-order valence-electron chi connectivity index (χ1n) is 5.84. The maximum Gasteiger partial charge on any atom is 0.276 e. The van der Waals surface area contributed by atoms with Gasteiger partial charge in [-0.05, 0) is 25.8 Å². The van der Waals surface area contributed by atoms with E-state index in [1.54, 1.807) is 15.3 Å². The minimum Gasteiger partial charge on any atom is -0.312 e. The Bertz CT molecular complexity index is 558. The van der Waals surface area contributed by atoms with Crippen LogP contribution in [0.15, 0.2) is 23.3 Å². The molecular formula is C12H16ClN3O. The van der Waals surface area contributed by atoms with E-state index in [0.717, 1.165) is 31.5 Å². The Morgan fingerprint density at radius 2 is 2.12 bits per heavy atom.